The van der Waals surface area contributed by atoms with Gasteiger partial charge in [0.1, 0.15) is 24.1 Å². The summed E-state index contributed by atoms with van der Waals surface area (Å²) in [5.41, 5.74) is 1.45. The van der Waals surface area contributed by atoms with Crippen molar-refractivity contribution in [3.05, 3.63) is 65.0 Å². The van der Waals surface area contributed by atoms with Crippen LogP contribution in [-0.2, 0) is 11.3 Å². The fraction of sp³-hybridized carbons (Fsp3) is 0.176. The molecule has 0 bridgehead atoms. The molecule has 0 saturated carbocycles. The topological polar surface area (TPSA) is 62.1 Å². The van der Waals surface area contributed by atoms with Crippen LogP contribution in [0.4, 0.5) is 4.39 Å². The summed E-state index contributed by atoms with van der Waals surface area (Å²) in [5.74, 6) is -0.360. The van der Waals surface area contributed by atoms with Crippen LogP contribution in [0.3, 0.4) is 0 Å². The second-order valence-corrected chi connectivity index (χ2v) is 5.04. The first kappa shape index (κ1) is 14.1. The van der Waals surface area contributed by atoms with Crippen molar-refractivity contribution < 1.29 is 13.9 Å². The number of carbonyl (C=O) groups is 1. The fourth-order valence-electron chi connectivity index (χ4n) is 2.45. The molecule has 110 valence electrons. The number of carbonyl (C=O) groups excluding carboxylic acids is 1. The summed E-state index contributed by atoms with van der Waals surface area (Å²) < 4.78 is 19.2. The van der Waals surface area contributed by atoms with Gasteiger partial charge in [-0.25, -0.2) is 4.39 Å². The summed E-state index contributed by atoms with van der Waals surface area (Å²) >= 11 is 0. The Morgan fingerprint density at radius 3 is 2.95 bits per heavy atom. The summed E-state index contributed by atoms with van der Waals surface area (Å²) in [6.45, 7) is 0.371. The van der Waals surface area contributed by atoms with Gasteiger partial charge in [-0.1, -0.05) is 24.3 Å². The number of para-hydroxylation sites is 1. The van der Waals surface area contributed by atoms with Crippen molar-refractivity contribution in [2.45, 2.75) is 12.5 Å². The molecule has 1 aliphatic heterocycles. The van der Waals surface area contributed by atoms with Gasteiger partial charge in [-0.3, -0.25) is 4.79 Å². The van der Waals surface area contributed by atoms with E-state index in [1.165, 1.54) is 12.1 Å². The Kier molecular flexibility index (Phi) is 3.75. The zero-order valence-electron chi connectivity index (χ0n) is 11.7. The minimum absolute atomic E-state index is 0.0784. The van der Waals surface area contributed by atoms with Crippen LogP contribution in [0.5, 0.6) is 5.75 Å². The molecule has 4 nitrogen and oxygen atoms in total. The number of benzene rings is 2. The molecule has 2 aromatic carbocycles. The number of nitrogens with one attached hydrogen (secondary N) is 1. The molecule has 22 heavy (non-hydrogen) atoms. The molecule has 1 amide bonds. The van der Waals surface area contributed by atoms with Crippen LogP contribution in [-0.4, -0.2) is 12.5 Å². The lowest BCUT2D eigenvalue weighted by Crippen LogP contribution is -2.30. The zero-order chi connectivity index (χ0) is 15.5. The second-order valence-electron chi connectivity index (χ2n) is 5.04. The summed E-state index contributed by atoms with van der Waals surface area (Å²) in [6, 6.07) is 13.5. The van der Waals surface area contributed by atoms with Gasteiger partial charge in [0.2, 0.25) is 5.91 Å². The molecule has 0 radical (unpaired) electrons. The predicted octanol–water partition coefficient (Wildman–Crippen LogP) is 2.49. The van der Waals surface area contributed by atoms with E-state index < -0.39 is 5.82 Å². The lowest BCUT2D eigenvalue weighted by Gasteiger charge is -2.11. The number of rotatable bonds is 3. The van der Waals surface area contributed by atoms with Crippen LogP contribution in [0.25, 0.3) is 0 Å². The Morgan fingerprint density at radius 2 is 2.18 bits per heavy atom. The first-order valence-electron chi connectivity index (χ1n) is 6.87. The Balaban J connectivity index is 1.68. The highest BCUT2D eigenvalue weighted by atomic mass is 19.1. The van der Waals surface area contributed by atoms with Gasteiger partial charge in [0.05, 0.1) is 11.6 Å². The van der Waals surface area contributed by atoms with Crippen molar-refractivity contribution in [1.29, 1.82) is 5.26 Å². The van der Waals surface area contributed by atoms with Crippen LogP contribution in [0.15, 0.2) is 42.5 Å². The van der Waals surface area contributed by atoms with Crippen LogP contribution in [0.1, 0.15) is 22.6 Å². The van der Waals surface area contributed by atoms with E-state index in [0.29, 0.717) is 17.9 Å². The third kappa shape index (κ3) is 2.63. The number of hydrogen-bond acceptors (Lipinski definition) is 3. The van der Waals surface area contributed by atoms with Crippen molar-refractivity contribution in [2.75, 3.05) is 6.61 Å². The van der Waals surface area contributed by atoms with E-state index in [2.05, 4.69) is 5.32 Å². The van der Waals surface area contributed by atoms with E-state index in [4.69, 9.17) is 10.00 Å². The van der Waals surface area contributed by atoms with E-state index in [0.717, 1.165) is 11.6 Å². The van der Waals surface area contributed by atoms with Crippen molar-refractivity contribution in [3.63, 3.8) is 0 Å². The number of hydrogen-bond donors (Lipinski definition) is 1. The number of ether oxygens (including phenoxy) is 1. The molecule has 1 aliphatic rings. The van der Waals surface area contributed by atoms with Crippen LogP contribution in [0.2, 0.25) is 0 Å². The van der Waals surface area contributed by atoms with Gasteiger partial charge in [-0.15, -0.1) is 0 Å². The van der Waals surface area contributed by atoms with Gasteiger partial charge in [0.15, 0.2) is 0 Å². The maximum Gasteiger partial charge on any atom is 0.231 e. The van der Waals surface area contributed by atoms with Gasteiger partial charge in [0, 0.05) is 17.7 Å². The molecule has 2 aromatic rings. The predicted molar refractivity (Wildman–Crippen MR) is 77.6 cm³/mol. The van der Waals surface area contributed by atoms with E-state index in [1.807, 2.05) is 30.3 Å². The van der Waals surface area contributed by atoms with Crippen LogP contribution >= 0.6 is 0 Å². The Hall–Kier alpha value is -2.87. The largest absolute Gasteiger partial charge is 0.492 e. The van der Waals surface area contributed by atoms with Gasteiger partial charge in [0.25, 0.3) is 0 Å². The molecule has 0 saturated heterocycles. The third-order valence-corrected chi connectivity index (χ3v) is 3.65. The van der Waals surface area contributed by atoms with E-state index in [1.54, 1.807) is 0 Å². The Bertz CT molecular complexity index is 767. The molecular weight excluding hydrogens is 283 g/mol. The van der Waals surface area contributed by atoms with Gasteiger partial charge < -0.3 is 10.1 Å². The maximum absolute atomic E-state index is 13.8. The zero-order valence-corrected chi connectivity index (χ0v) is 11.7. The average molecular weight is 296 g/mol. The van der Waals surface area contributed by atoms with Crippen molar-refractivity contribution in [2.24, 2.45) is 0 Å². The van der Waals surface area contributed by atoms with Crippen molar-refractivity contribution in [3.8, 4) is 11.8 Å². The summed E-state index contributed by atoms with van der Waals surface area (Å²) in [6.07, 6.45) is 0. The summed E-state index contributed by atoms with van der Waals surface area (Å²) in [4.78, 5) is 12.2. The second kappa shape index (κ2) is 5.86. The first-order chi connectivity index (χ1) is 10.7. The normalized spacial score (nSPS) is 15.5. The monoisotopic (exact) mass is 296 g/mol. The highest BCUT2D eigenvalue weighted by Crippen LogP contribution is 2.33. The van der Waals surface area contributed by atoms with Gasteiger partial charge in [-0.2, -0.15) is 5.26 Å². The number of fused-ring (bicyclic) bond motifs is 1. The van der Waals surface area contributed by atoms with E-state index in [-0.39, 0.29) is 23.9 Å². The quantitative estimate of drug-likeness (QED) is 0.946. The SMILES string of the molecule is N#Cc1ccc(CNC(=O)C2COc3ccccc32)c(F)c1. The third-order valence-electron chi connectivity index (χ3n) is 3.65. The Morgan fingerprint density at radius 1 is 1.36 bits per heavy atom. The molecule has 3 rings (SSSR count). The fourth-order valence-corrected chi connectivity index (χ4v) is 2.45. The number of halogens is 1. The molecule has 1 unspecified atom stereocenters. The van der Waals surface area contributed by atoms with E-state index >= 15 is 0 Å². The van der Waals surface area contributed by atoms with Crippen LogP contribution in [0, 0.1) is 17.1 Å². The minimum Gasteiger partial charge on any atom is -0.492 e. The molecule has 0 aliphatic carbocycles. The molecule has 5 heteroatoms. The number of nitriles is 1. The van der Waals surface area contributed by atoms with Gasteiger partial charge in [-0.05, 0) is 18.2 Å². The van der Waals surface area contributed by atoms with E-state index in [9.17, 15) is 9.18 Å². The summed E-state index contributed by atoms with van der Waals surface area (Å²) in [7, 11) is 0. The molecule has 0 aromatic heterocycles. The maximum atomic E-state index is 13.8. The highest BCUT2D eigenvalue weighted by molar-refractivity contribution is 5.85. The van der Waals surface area contributed by atoms with Crippen molar-refractivity contribution >= 4 is 5.91 Å². The molecular formula is C17H13FN2O2. The standard InChI is InChI=1S/C17H13FN2O2/c18-15-7-11(8-19)5-6-12(15)9-20-17(21)14-10-22-16-4-2-1-3-13(14)16/h1-7,14H,9-10H2,(H,20,21). The lowest BCUT2D eigenvalue weighted by atomic mass is 10.0. The molecule has 0 spiro atoms. The highest BCUT2D eigenvalue weighted by Gasteiger charge is 2.29. The Labute approximate surface area is 127 Å². The molecule has 1 N–H and O–H groups in total. The lowest BCUT2D eigenvalue weighted by molar-refractivity contribution is -0.122. The number of nitrogens with zero attached hydrogens (tertiary/aromatic N) is 1. The molecule has 1 heterocycles. The average Bonchev–Trinajstić information content (AvgIpc) is 2.97. The van der Waals surface area contributed by atoms with Crippen molar-refractivity contribution in [1.82, 2.24) is 5.32 Å². The molecule has 1 atom stereocenters. The van der Waals surface area contributed by atoms with Gasteiger partial charge >= 0.3 is 0 Å². The molecule has 0 fully saturated rings. The minimum atomic E-state index is -0.498. The van der Waals surface area contributed by atoms with Crippen LogP contribution < -0.4 is 10.1 Å². The smallest absolute Gasteiger partial charge is 0.231 e. The first-order valence-corrected chi connectivity index (χ1v) is 6.87. The number of amides is 1. The summed E-state index contributed by atoms with van der Waals surface area (Å²) in [5, 5.41) is 11.4.